The smallest absolute Gasteiger partial charge is 0.229 e. The highest BCUT2D eigenvalue weighted by Crippen LogP contribution is 2.22. The Morgan fingerprint density at radius 1 is 1.19 bits per heavy atom. The van der Waals surface area contributed by atoms with Crippen molar-refractivity contribution >= 4 is 11.8 Å². The predicted molar refractivity (Wildman–Crippen MR) is 60.8 cm³/mol. The number of likely N-dealkylation sites (tertiary alicyclic amines) is 1. The number of hydrogen-bond donors (Lipinski definition) is 1. The predicted octanol–water partition coefficient (Wildman–Crippen LogP) is 0.914. The molecule has 4 nitrogen and oxygen atoms in total. The average molecular weight is 224 g/mol. The van der Waals surface area contributed by atoms with E-state index in [0.29, 0.717) is 18.8 Å². The van der Waals surface area contributed by atoms with E-state index in [1.54, 1.807) is 4.90 Å². The number of amides is 2. The highest BCUT2D eigenvalue weighted by Gasteiger charge is 2.35. The van der Waals surface area contributed by atoms with Gasteiger partial charge in [-0.05, 0) is 31.7 Å². The van der Waals surface area contributed by atoms with E-state index in [1.165, 1.54) is 0 Å². The lowest BCUT2D eigenvalue weighted by atomic mass is 9.93. The zero-order chi connectivity index (χ0) is 11.5. The molecule has 2 unspecified atom stereocenters. The monoisotopic (exact) mass is 224 g/mol. The first-order chi connectivity index (χ1) is 7.70. The summed E-state index contributed by atoms with van der Waals surface area (Å²) >= 11 is 0. The zero-order valence-electron chi connectivity index (χ0n) is 9.87. The molecule has 2 atom stereocenters. The van der Waals surface area contributed by atoms with Crippen molar-refractivity contribution < 1.29 is 9.59 Å². The van der Waals surface area contributed by atoms with Gasteiger partial charge in [0.05, 0.1) is 6.04 Å². The number of imide groups is 1. The Labute approximate surface area is 96.4 Å². The maximum absolute atomic E-state index is 11.9. The molecular formula is C12H20N2O2. The molecule has 0 saturated carbocycles. The quantitative estimate of drug-likeness (QED) is 0.674. The SMILES string of the molecule is CC1CCNCC1N1C(=O)CCCCC1=O. The summed E-state index contributed by atoms with van der Waals surface area (Å²) in [7, 11) is 0. The van der Waals surface area contributed by atoms with Gasteiger partial charge in [-0.25, -0.2) is 0 Å². The van der Waals surface area contributed by atoms with E-state index in [4.69, 9.17) is 0 Å². The van der Waals surface area contributed by atoms with Crippen molar-refractivity contribution in [3.05, 3.63) is 0 Å². The summed E-state index contributed by atoms with van der Waals surface area (Å²) in [4.78, 5) is 25.4. The summed E-state index contributed by atoms with van der Waals surface area (Å²) in [6.07, 6.45) is 3.83. The second-order valence-corrected chi connectivity index (χ2v) is 4.90. The fraction of sp³-hybridized carbons (Fsp3) is 0.833. The molecule has 90 valence electrons. The van der Waals surface area contributed by atoms with Crippen LogP contribution >= 0.6 is 0 Å². The van der Waals surface area contributed by atoms with Crippen LogP contribution in [-0.4, -0.2) is 35.8 Å². The molecule has 0 radical (unpaired) electrons. The summed E-state index contributed by atoms with van der Waals surface area (Å²) in [6.45, 7) is 3.89. The Hall–Kier alpha value is -0.900. The maximum Gasteiger partial charge on any atom is 0.229 e. The Morgan fingerprint density at radius 3 is 2.38 bits per heavy atom. The molecule has 2 aliphatic heterocycles. The lowest BCUT2D eigenvalue weighted by Gasteiger charge is -2.37. The summed E-state index contributed by atoms with van der Waals surface area (Å²) in [5.74, 6) is 0.485. The van der Waals surface area contributed by atoms with Gasteiger partial charge in [-0.3, -0.25) is 14.5 Å². The Kier molecular flexibility index (Phi) is 3.59. The number of hydrogen-bond acceptors (Lipinski definition) is 3. The normalized spacial score (nSPS) is 32.7. The van der Waals surface area contributed by atoms with Crippen LogP contribution in [0.15, 0.2) is 0 Å². The van der Waals surface area contributed by atoms with Crippen LogP contribution < -0.4 is 5.32 Å². The van der Waals surface area contributed by atoms with E-state index in [2.05, 4.69) is 12.2 Å². The Balaban J connectivity index is 2.14. The molecule has 2 rings (SSSR count). The highest BCUT2D eigenvalue weighted by atomic mass is 16.2. The van der Waals surface area contributed by atoms with E-state index in [9.17, 15) is 9.59 Å². The van der Waals surface area contributed by atoms with Crippen molar-refractivity contribution in [2.45, 2.75) is 45.1 Å². The van der Waals surface area contributed by atoms with Gasteiger partial charge >= 0.3 is 0 Å². The summed E-state index contributed by atoms with van der Waals surface area (Å²) in [5, 5.41) is 3.28. The van der Waals surface area contributed by atoms with Crippen molar-refractivity contribution in [2.24, 2.45) is 5.92 Å². The molecule has 2 amide bonds. The maximum atomic E-state index is 11.9. The van der Waals surface area contributed by atoms with Gasteiger partial charge in [0, 0.05) is 19.4 Å². The van der Waals surface area contributed by atoms with E-state index in [0.717, 1.165) is 32.4 Å². The van der Waals surface area contributed by atoms with Crippen molar-refractivity contribution in [3.63, 3.8) is 0 Å². The number of nitrogens with one attached hydrogen (secondary N) is 1. The molecule has 0 aromatic carbocycles. The van der Waals surface area contributed by atoms with Crippen LogP contribution in [0.4, 0.5) is 0 Å². The fourth-order valence-corrected chi connectivity index (χ4v) is 2.62. The van der Waals surface area contributed by atoms with Gasteiger partial charge < -0.3 is 5.32 Å². The van der Waals surface area contributed by atoms with Gasteiger partial charge in [0.15, 0.2) is 0 Å². The summed E-state index contributed by atoms with van der Waals surface area (Å²) in [6, 6.07) is 0.0758. The standard InChI is InChI=1S/C12H20N2O2/c1-9-6-7-13-8-10(9)14-11(15)4-2-3-5-12(14)16/h9-10,13H,2-8H2,1H3. The molecule has 0 aromatic rings. The van der Waals surface area contributed by atoms with Crippen LogP contribution in [-0.2, 0) is 9.59 Å². The van der Waals surface area contributed by atoms with Crippen LogP contribution in [0.3, 0.4) is 0 Å². The minimum atomic E-state index is 0.0306. The first kappa shape index (κ1) is 11.6. The van der Waals surface area contributed by atoms with Crippen molar-refractivity contribution in [1.29, 1.82) is 0 Å². The molecule has 1 N–H and O–H groups in total. The zero-order valence-corrected chi connectivity index (χ0v) is 9.87. The molecule has 4 heteroatoms. The molecule has 2 fully saturated rings. The lowest BCUT2D eigenvalue weighted by Crippen LogP contribution is -2.54. The van der Waals surface area contributed by atoms with E-state index in [-0.39, 0.29) is 17.9 Å². The second-order valence-electron chi connectivity index (χ2n) is 4.90. The summed E-state index contributed by atoms with van der Waals surface area (Å²) < 4.78 is 0. The van der Waals surface area contributed by atoms with E-state index >= 15 is 0 Å². The highest BCUT2D eigenvalue weighted by molar-refractivity contribution is 5.96. The van der Waals surface area contributed by atoms with E-state index < -0.39 is 0 Å². The minimum Gasteiger partial charge on any atom is -0.315 e. The molecule has 2 heterocycles. The second kappa shape index (κ2) is 4.95. The Morgan fingerprint density at radius 2 is 1.81 bits per heavy atom. The molecule has 0 spiro atoms. The molecule has 16 heavy (non-hydrogen) atoms. The number of nitrogens with zero attached hydrogens (tertiary/aromatic N) is 1. The third-order valence-corrected chi connectivity index (χ3v) is 3.69. The molecular weight excluding hydrogens is 204 g/mol. The topological polar surface area (TPSA) is 49.4 Å². The van der Waals surface area contributed by atoms with Gasteiger partial charge in [-0.2, -0.15) is 0 Å². The van der Waals surface area contributed by atoms with Crippen molar-refractivity contribution in [2.75, 3.05) is 13.1 Å². The number of carbonyl (C=O) groups is 2. The molecule has 0 bridgehead atoms. The average Bonchev–Trinajstić information content (AvgIpc) is 2.42. The van der Waals surface area contributed by atoms with Gasteiger partial charge in [0.2, 0.25) is 11.8 Å². The third-order valence-electron chi connectivity index (χ3n) is 3.69. The molecule has 0 aliphatic carbocycles. The van der Waals surface area contributed by atoms with Crippen LogP contribution in [0.1, 0.15) is 39.0 Å². The van der Waals surface area contributed by atoms with Crippen molar-refractivity contribution in [3.8, 4) is 0 Å². The first-order valence-corrected chi connectivity index (χ1v) is 6.26. The molecule has 2 aliphatic rings. The molecule has 0 aromatic heterocycles. The van der Waals surface area contributed by atoms with Crippen LogP contribution in [0.25, 0.3) is 0 Å². The van der Waals surface area contributed by atoms with Crippen LogP contribution in [0, 0.1) is 5.92 Å². The lowest BCUT2D eigenvalue weighted by molar-refractivity contribution is -0.148. The largest absolute Gasteiger partial charge is 0.315 e. The minimum absolute atomic E-state index is 0.0306. The molecule has 2 saturated heterocycles. The number of carbonyl (C=O) groups excluding carboxylic acids is 2. The van der Waals surface area contributed by atoms with E-state index in [1.807, 2.05) is 0 Å². The first-order valence-electron chi connectivity index (χ1n) is 6.26. The van der Waals surface area contributed by atoms with Gasteiger partial charge in [0.25, 0.3) is 0 Å². The van der Waals surface area contributed by atoms with Gasteiger partial charge in [-0.1, -0.05) is 6.92 Å². The van der Waals surface area contributed by atoms with Gasteiger partial charge in [-0.15, -0.1) is 0 Å². The fourth-order valence-electron chi connectivity index (χ4n) is 2.62. The number of rotatable bonds is 1. The Bertz CT molecular complexity index is 273. The van der Waals surface area contributed by atoms with Gasteiger partial charge in [0.1, 0.15) is 0 Å². The third kappa shape index (κ3) is 2.26. The number of piperidine rings is 1. The summed E-state index contributed by atoms with van der Waals surface area (Å²) in [5.41, 5.74) is 0. The van der Waals surface area contributed by atoms with Crippen LogP contribution in [0.5, 0.6) is 0 Å². The van der Waals surface area contributed by atoms with Crippen molar-refractivity contribution in [1.82, 2.24) is 10.2 Å². The van der Waals surface area contributed by atoms with Crippen LogP contribution in [0.2, 0.25) is 0 Å².